The van der Waals surface area contributed by atoms with Crippen LogP contribution in [0.25, 0.3) is 0 Å². The Balaban J connectivity index is 4.01. The fraction of sp³-hybridized carbons (Fsp3) is 0.556. The van der Waals surface area contributed by atoms with E-state index in [1.807, 2.05) is 0 Å². The summed E-state index contributed by atoms with van der Waals surface area (Å²) in [6.45, 7) is 5.03. The Bertz CT molecular complexity index is 242. The van der Waals surface area contributed by atoms with Crippen LogP contribution in [0, 0.1) is 0 Å². The third-order valence-electron chi connectivity index (χ3n) is 1.62. The number of amides is 2. The Morgan fingerprint density at radius 2 is 2.20 bits per heavy atom. The van der Waals surface area contributed by atoms with Crippen molar-refractivity contribution >= 4 is 12.0 Å². The van der Waals surface area contributed by atoms with E-state index in [-0.39, 0.29) is 12.5 Å². The second-order valence-electron chi connectivity index (χ2n) is 2.77. The number of carbonyl (C=O) groups is 2. The standard InChI is InChI=1S/C9H16N2O4/c1-5-6-15-9(13)10-7(2)8(12)11(3)14-4/h5,7H,1,6H2,2-4H3,(H,10,13). The molecule has 0 aliphatic carbocycles. The molecule has 0 bridgehead atoms. The van der Waals surface area contributed by atoms with Crippen molar-refractivity contribution in [2.45, 2.75) is 13.0 Å². The molecule has 0 spiro atoms. The van der Waals surface area contributed by atoms with Crippen molar-refractivity contribution in [3.05, 3.63) is 12.7 Å². The Labute approximate surface area is 88.8 Å². The Morgan fingerprint density at radius 1 is 1.60 bits per heavy atom. The van der Waals surface area contributed by atoms with Crippen molar-refractivity contribution in [3.63, 3.8) is 0 Å². The first-order chi connectivity index (χ1) is 7.02. The van der Waals surface area contributed by atoms with Crippen molar-refractivity contribution in [1.29, 1.82) is 0 Å². The van der Waals surface area contributed by atoms with Gasteiger partial charge in [-0.25, -0.2) is 9.86 Å². The maximum atomic E-state index is 11.4. The third-order valence-corrected chi connectivity index (χ3v) is 1.62. The first-order valence-electron chi connectivity index (χ1n) is 4.38. The van der Waals surface area contributed by atoms with Crippen LogP contribution in [0.1, 0.15) is 6.92 Å². The lowest BCUT2D eigenvalue weighted by atomic mass is 10.3. The van der Waals surface area contributed by atoms with Gasteiger partial charge in [0.25, 0.3) is 5.91 Å². The van der Waals surface area contributed by atoms with Crippen LogP contribution in [0.15, 0.2) is 12.7 Å². The SMILES string of the molecule is C=CCOC(=O)NC(C)C(=O)N(C)OC. The van der Waals surface area contributed by atoms with E-state index < -0.39 is 12.1 Å². The minimum Gasteiger partial charge on any atom is -0.445 e. The number of hydroxylamine groups is 2. The summed E-state index contributed by atoms with van der Waals surface area (Å²) in [6.07, 6.45) is 0.771. The summed E-state index contributed by atoms with van der Waals surface area (Å²) >= 11 is 0. The number of rotatable bonds is 5. The molecule has 6 heteroatoms. The van der Waals surface area contributed by atoms with E-state index in [9.17, 15) is 9.59 Å². The Morgan fingerprint density at radius 3 is 2.67 bits per heavy atom. The van der Waals surface area contributed by atoms with Gasteiger partial charge in [-0.2, -0.15) is 0 Å². The van der Waals surface area contributed by atoms with Crippen LogP contribution in [-0.2, 0) is 14.4 Å². The summed E-state index contributed by atoms with van der Waals surface area (Å²) in [5, 5.41) is 3.38. The molecule has 2 amide bonds. The van der Waals surface area contributed by atoms with Crippen molar-refractivity contribution in [2.75, 3.05) is 20.8 Å². The third kappa shape index (κ3) is 5.02. The highest BCUT2D eigenvalue weighted by Crippen LogP contribution is 1.92. The topological polar surface area (TPSA) is 67.9 Å². The van der Waals surface area contributed by atoms with Crippen LogP contribution in [0.3, 0.4) is 0 Å². The average molecular weight is 216 g/mol. The zero-order valence-corrected chi connectivity index (χ0v) is 9.15. The second-order valence-corrected chi connectivity index (χ2v) is 2.77. The molecule has 15 heavy (non-hydrogen) atoms. The van der Waals surface area contributed by atoms with Gasteiger partial charge in [0.15, 0.2) is 0 Å². The average Bonchev–Trinajstić information content (AvgIpc) is 2.23. The highest BCUT2D eigenvalue weighted by molar-refractivity contribution is 5.84. The number of carbonyl (C=O) groups excluding carboxylic acids is 2. The minimum absolute atomic E-state index is 0.104. The van der Waals surface area contributed by atoms with Crippen molar-refractivity contribution < 1.29 is 19.2 Å². The minimum atomic E-state index is -0.702. The van der Waals surface area contributed by atoms with Crippen LogP contribution >= 0.6 is 0 Å². The second kappa shape index (κ2) is 6.83. The molecule has 1 N–H and O–H groups in total. The largest absolute Gasteiger partial charge is 0.445 e. The van der Waals surface area contributed by atoms with Crippen LogP contribution in [0.5, 0.6) is 0 Å². The maximum absolute atomic E-state index is 11.4. The summed E-state index contributed by atoms with van der Waals surface area (Å²) in [4.78, 5) is 27.1. The van der Waals surface area contributed by atoms with Gasteiger partial charge in [0, 0.05) is 7.05 Å². The zero-order valence-electron chi connectivity index (χ0n) is 9.15. The molecular formula is C9H16N2O4. The lowest BCUT2D eigenvalue weighted by Gasteiger charge is -2.19. The molecule has 0 aliphatic heterocycles. The first kappa shape index (κ1) is 13.4. The van der Waals surface area contributed by atoms with Gasteiger partial charge in [-0.1, -0.05) is 12.7 Å². The molecule has 0 saturated carbocycles. The number of hydrogen-bond acceptors (Lipinski definition) is 4. The van der Waals surface area contributed by atoms with E-state index in [1.165, 1.54) is 27.2 Å². The molecule has 1 atom stereocenters. The van der Waals surface area contributed by atoms with Crippen molar-refractivity contribution in [2.24, 2.45) is 0 Å². The predicted molar refractivity (Wildman–Crippen MR) is 53.9 cm³/mol. The van der Waals surface area contributed by atoms with E-state index in [1.54, 1.807) is 0 Å². The number of nitrogens with one attached hydrogen (secondary N) is 1. The van der Waals surface area contributed by atoms with E-state index in [0.717, 1.165) is 5.06 Å². The molecule has 0 saturated heterocycles. The van der Waals surface area contributed by atoms with Crippen molar-refractivity contribution in [3.8, 4) is 0 Å². The van der Waals surface area contributed by atoms with Crippen molar-refractivity contribution in [1.82, 2.24) is 10.4 Å². The molecular weight excluding hydrogens is 200 g/mol. The molecule has 0 aromatic rings. The summed E-state index contributed by atoms with van der Waals surface area (Å²) in [7, 11) is 2.82. The quantitative estimate of drug-likeness (QED) is 0.530. The van der Waals surface area contributed by atoms with Crippen LogP contribution in [0.4, 0.5) is 4.79 Å². The van der Waals surface area contributed by atoms with E-state index in [2.05, 4.69) is 21.5 Å². The lowest BCUT2D eigenvalue weighted by molar-refractivity contribution is -0.170. The fourth-order valence-electron chi connectivity index (χ4n) is 0.777. The van der Waals surface area contributed by atoms with Crippen LogP contribution in [0.2, 0.25) is 0 Å². The molecule has 0 heterocycles. The highest BCUT2D eigenvalue weighted by Gasteiger charge is 2.19. The summed E-state index contributed by atoms with van der Waals surface area (Å²) in [5.41, 5.74) is 0. The van der Waals surface area contributed by atoms with E-state index >= 15 is 0 Å². The summed E-state index contributed by atoms with van der Waals surface area (Å²) in [6, 6.07) is -0.702. The van der Waals surface area contributed by atoms with Gasteiger partial charge < -0.3 is 10.1 Å². The summed E-state index contributed by atoms with van der Waals surface area (Å²) < 4.78 is 4.65. The lowest BCUT2D eigenvalue weighted by Crippen LogP contribution is -2.45. The Kier molecular flexibility index (Phi) is 6.12. The molecule has 0 radical (unpaired) electrons. The number of likely N-dealkylation sites (N-methyl/N-ethyl adjacent to an activating group) is 1. The normalized spacial score (nSPS) is 11.4. The van der Waals surface area contributed by atoms with Gasteiger partial charge in [0.1, 0.15) is 12.6 Å². The molecule has 0 aromatic carbocycles. The molecule has 1 unspecified atom stereocenters. The number of nitrogens with zero attached hydrogens (tertiary/aromatic N) is 1. The first-order valence-corrected chi connectivity index (χ1v) is 4.38. The number of hydrogen-bond donors (Lipinski definition) is 1. The van der Waals surface area contributed by atoms with Gasteiger partial charge >= 0.3 is 6.09 Å². The smallest absolute Gasteiger partial charge is 0.408 e. The zero-order chi connectivity index (χ0) is 11.8. The van der Waals surface area contributed by atoms with Gasteiger partial charge in [-0.3, -0.25) is 9.63 Å². The highest BCUT2D eigenvalue weighted by atomic mass is 16.7. The van der Waals surface area contributed by atoms with Crippen LogP contribution < -0.4 is 5.32 Å². The van der Waals surface area contributed by atoms with Gasteiger partial charge in [0.2, 0.25) is 0 Å². The van der Waals surface area contributed by atoms with Gasteiger partial charge in [-0.15, -0.1) is 0 Å². The molecule has 86 valence electrons. The number of alkyl carbamates (subject to hydrolysis) is 1. The van der Waals surface area contributed by atoms with E-state index in [4.69, 9.17) is 0 Å². The molecule has 0 aromatic heterocycles. The molecule has 0 rings (SSSR count). The number of ether oxygens (including phenoxy) is 1. The molecule has 6 nitrogen and oxygen atoms in total. The fourth-order valence-corrected chi connectivity index (χ4v) is 0.777. The monoisotopic (exact) mass is 216 g/mol. The van der Waals surface area contributed by atoms with Crippen LogP contribution in [-0.4, -0.2) is 43.9 Å². The van der Waals surface area contributed by atoms with Gasteiger partial charge in [0.05, 0.1) is 7.11 Å². The molecule has 0 fully saturated rings. The van der Waals surface area contributed by atoms with E-state index in [0.29, 0.717) is 0 Å². The van der Waals surface area contributed by atoms with Gasteiger partial charge in [-0.05, 0) is 6.92 Å². The Hall–Kier alpha value is -1.56. The maximum Gasteiger partial charge on any atom is 0.408 e. The molecule has 0 aliphatic rings. The predicted octanol–water partition coefficient (Wildman–Crippen LogP) is 0.307. The summed E-state index contributed by atoms with van der Waals surface area (Å²) in [5.74, 6) is -0.368.